The molecule has 0 aliphatic carbocycles. The van der Waals surface area contributed by atoms with Crippen LogP contribution in [0.2, 0.25) is 5.02 Å². The average Bonchev–Trinajstić information content (AvgIpc) is 2.35. The molecule has 1 aromatic carbocycles. The molecule has 1 aliphatic rings. The van der Waals surface area contributed by atoms with Crippen LogP contribution in [0.4, 0.5) is 0 Å². The van der Waals surface area contributed by atoms with E-state index in [0.717, 1.165) is 42.9 Å². The molecule has 0 aromatic heterocycles. The molecule has 3 nitrogen and oxygen atoms in total. The summed E-state index contributed by atoms with van der Waals surface area (Å²) in [5.41, 5.74) is 0. The number of hydrogen-bond acceptors (Lipinski definition) is 3. The predicted octanol–water partition coefficient (Wildman–Crippen LogP) is 2.39. The lowest BCUT2D eigenvalue weighted by Gasteiger charge is -2.27. The SMILES string of the molecule is Clc1ccc(Br)cc1OCCN1CCNCC1. The van der Waals surface area contributed by atoms with Crippen molar-refractivity contribution in [3.63, 3.8) is 0 Å². The highest BCUT2D eigenvalue weighted by atomic mass is 79.9. The number of piperazine rings is 1. The van der Waals surface area contributed by atoms with Crippen LogP contribution >= 0.6 is 27.5 Å². The standard InChI is InChI=1S/C12H16BrClN2O/c13-10-1-2-11(14)12(9-10)17-8-7-16-5-3-15-4-6-16/h1-2,9,15H,3-8H2. The van der Waals surface area contributed by atoms with E-state index in [0.29, 0.717) is 11.6 Å². The average molecular weight is 320 g/mol. The van der Waals surface area contributed by atoms with Gasteiger partial charge in [0.15, 0.2) is 0 Å². The highest BCUT2D eigenvalue weighted by molar-refractivity contribution is 9.10. The lowest BCUT2D eigenvalue weighted by atomic mass is 10.3. The zero-order chi connectivity index (χ0) is 12.1. The van der Waals surface area contributed by atoms with Gasteiger partial charge >= 0.3 is 0 Å². The lowest BCUT2D eigenvalue weighted by Crippen LogP contribution is -2.44. The normalized spacial score (nSPS) is 17.1. The molecule has 1 saturated heterocycles. The summed E-state index contributed by atoms with van der Waals surface area (Å²) in [6.07, 6.45) is 0. The minimum absolute atomic E-state index is 0.661. The maximum atomic E-state index is 6.05. The minimum atomic E-state index is 0.661. The predicted molar refractivity (Wildman–Crippen MR) is 74.0 cm³/mol. The van der Waals surface area contributed by atoms with Gasteiger partial charge in [0.1, 0.15) is 12.4 Å². The van der Waals surface area contributed by atoms with E-state index in [4.69, 9.17) is 16.3 Å². The van der Waals surface area contributed by atoms with Gasteiger partial charge in [0.25, 0.3) is 0 Å². The first-order valence-corrected chi connectivity index (χ1v) is 6.94. The fourth-order valence-corrected chi connectivity index (χ4v) is 2.32. The maximum absolute atomic E-state index is 6.05. The third-order valence-electron chi connectivity index (χ3n) is 2.77. The van der Waals surface area contributed by atoms with E-state index in [1.807, 2.05) is 18.2 Å². The number of rotatable bonds is 4. The van der Waals surface area contributed by atoms with Crippen LogP contribution in [0, 0.1) is 0 Å². The third-order valence-corrected chi connectivity index (χ3v) is 3.57. The van der Waals surface area contributed by atoms with E-state index in [2.05, 4.69) is 26.1 Å². The Bertz CT molecular complexity index is 370. The van der Waals surface area contributed by atoms with Crippen molar-refractivity contribution in [1.82, 2.24) is 10.2 Å². The van der Waals surface area contributed by atoms with E-state index in [9.17, 15) is 0 Å². The first-order valence-electron chi connectivity index (χ1n) is 5.76. The van der Waals surface area contributed by atoms with E-state index in [-0.39, 0.29) is 0 Å². The van der Waals surface area contributed by atoms with Crippen molar-refractivity contribution in [3.8, 4) is 5.75 Å². The molecule has 2 rings (SSSR count). The third kappa shape index (κ3) is 4.14. The quantitative estimate of drug-likeness (QED) is 0.922. The highest BCUT2D eigenvalue weighted by Gasteiger charge is 2.09. The fraction of sp³-hybridized carbons (Fsp3) is 0.500. The van der Waals surface area contributed by atoms with Crippen LogP contribution in [0.3, 0.4) is 0 Å². The Morgan fingerprint density at radius 3 is 2.88 bits per heavy atom. The summed E-state index contributed by atoms with van der Waals surface area (Å²) < 4.78 is 6.68. The molecule has 1 heterocycles. The van der Waals surface area contributed by atoms with Crippen molar-refractivity contribution in [2.75, 3.05) is 39.3 Å². The molecule has 1 N–H and O–H groups in total. The van der Waals surface area contributed by atoms with Gasteiger partial charge < -0.3 is 10.1 Å². The minimum Gasteiger partial charge on any atom is -0.491 e. The summed E-state index contributed by atoms with van der Waals surface area (Å²) in [7, 11) is 0. The second-order valence-corrected chi connectivity index (χ2v) is 5.34. The largest absolute Gasteiger partial charge is 0.491 e. The number of nitrogens with one attached hydrogen (secondary N) is 1. The second kappa shape index (κ2) is 6.59. The summed E-state index contributed by atoms with van der Waals surface area (Å²) in [4.78, 5) is 2.39. The Balaban J connectivity index is 1.79. The molecule has 0 bridgehead atoms. The first-order chi connectivity index (χ1) is 8.25. The fourth-order valence-electron chi connectivity index (χ4n) is 1.81. The van der Waals surface area contributed by atoms with Crippen LogP contribution in [0.5, 0.6) is 5.75 Å². The lowest BCUT2D eigenvalue weighted by molar-refractivity contribution is 0.191. The van der Waals surface area contributed by atoms with Crippen LogP contribution in [0.25, 0.3) is 0 Å². The van der Waals surface area contributed by atoms with Gasteiger partial charge in [-0.05, 0) is 18.2 Å². The van der Waals surface area contributed by atoms with Crippen molar-refractivity contribution < 1.29 is 4.74 Å². The molecule has 0 radical (unpaired) electrons. The highest BCUT2D eigenvalue weighted by Crippen LogP contribution is 2.27. The van der Waals surface area contributed by atoms with Gasteiger partial charge in [0, 0.05) is 37.2 Å². The molecule has 1 aliphatic heterocycles. The van der Waals surface area contributed by atoms with Crippen LogP contribution in [0.15, 0.2) is 22.7 Å². The maximum Gasteiger partial charge on any atom is 0.139 e. The first kappa shape index (κ1) is 13.1. The van der Waals surface area contributed by atoms with E-state index >= 15 is 0 Å². The van der Waals surface area contributed by atoms with E-state index in [1.165, 1.54) is 0 Å². The number of nitrogens with zero attached hydrogens (tertiary/aromatic N) is 1. The Morgan fingerprint density at radius 2 is 2.12 bits per heavy atom. The number of ether oxygens (including phenoxy) is 1. The Hall–Kier alpha value is -0.290. The molecule has 5 heteroatoms. The van der Waals surface area contributed by atoms with Crippen molar-refractivity contribution in [2.45, 2.75) is 0 Å². The van der Waals surface area contributed by atoms with Crippen molar-refractivity contribution in [3.05, 3.63) is 27.7 Å². The second-order valence-electron chi connectivity index (χ2n) is 4.01. The summed E-state index contributed by atoms with van der Waals surface area (Å²) in [6, 6.07) is 5.65. The monoisotopic (exact) mass is 318 g/mol. The van der Waals surface area contributed by atoms with Gasteiger partial charge in [-0.1, -0.05) is 27.5 Å². The molecule has 0 saturated carbocycles. The number of halogens is 2. The number of hydrogen-bond donors (Lipinski definition) is 1. The zero-order valence-electron chi connectivity index (χ0n) is 9.59. The molecule has 0 unspecified atom stereocenters. The molecule has 0 atom stereocenters. The van der Waals surface area contributed by atoms with Crippen molar-refractivity contribution in [1.29, 1.82) is 0 Å². The Kier molecular flexibility index (Phi) is 5.10. The molecular formula is C12H16BrClN2O. The topological polar surface area (TPSA) is 24.5 Å². The molecule has 1 fully saturated rings. The summed E-state index contributed by atoms with van der Waals surface area (Å²) in [5, 5.41) is 3.99. The smallest absolute Gasteiger partial charge is 0.139 e. The van der Waals surface area contributed by atoms with Crippen molar-refractivity contribution >= 4 is 27.5 Å². The van der Waals surface area contributed by atoms with Crippen molar-refractivity contribution in [2.24, 2.45) is 0 Å². The van der Waals surface area contributed by atoms with Crippen LogP contribution in [-0.2, 0) is 0 Å². The van der Waals surface area contributed by atoms with Gasteiger partial charge in [0.2, 0.25) is 0 Å². The van der Waals surface area contributed by atoms with Crippen LogP contribution < -0.4 is 10.1 Å². The van der Waals surface area contributed by atoms with Gasteiger partial charge in [0.05, 0.1) is 5.02 Å². The van der Waals surface area contributed by atoms with Gasteiger partial charge in [-0.15, -0.1) is 0 Å². The van der Waals surface area contributed by atoms with E-state index < -0.39 is 0 Å². The Labute approximate surface area is 115 Å². The molecule has 0 amide bonds. The van der Waals surface area contributed by atoms with Gasteiger partial charge in [-0.25, -0.2) is 0 Å². The zero-order valence-corrected chi connectivity index (χ0v) is 11.9. The molecule has 17 heavy (non-hydrogen) atoms. The van der Waals surface area contributed by atoms with Gasteiger partial charge in [-0.2, -0.15) is 0 Å². The summed E-state index contributed by atoms with van der Waals surface area (Å²) >= 11 is 9.46. The molecule has 1 aromatic rings. The van der Waals surface area contributed by atoms with Crippen LogP contribution in [0.1, 0.15) is 0 Å². The summed E-state index contributed by atoms with van der Waals surface area (Å²) in [6.45, 7) is 5.95. The summed E-state index contributed by atoms with van der Waals surface area (Å²) in [5.74, 6) is 0.746. The molecule has 94 valence electrons. The van der Waals surface area contributed by atoms with E-state index in [1.54, 1.807) is 0 Å². The number of benzene rings is 1. The van der Waals surface area contributed by atoms with Crippen LogP contribution in [-0.4, -0.2) is 44.2 Å². The van der Waals surface area contributed by atoms with Gasteiger partial charge in [-0.3, -0.25) is 4.90 Å². The Morgan fingerprint density at radius 1 is 1.35 bits per heavy atom. The molecular weight excluding hydrogens is 304 g/mol. The molecule has 0 spiro atoms.